The lowest BCUT2D eigenvalue weighted by Gasteiger charge is -2.10. The fourth-order valence-electron chi connectivity index (χ4n) is 3.15. The number of ether oxygens (including phenoxy) is 1. The number of nitrogens with one attached hydrogen (secondary N) is 1. The number of benzene rings is 4. The standard InChI is InChI=1S/C25H20N2O3/c28-23-15-14-19-10-4-5-11-20(19)22(23)16-26-27-25(29)21-12-6-7-13-24(21)30-17-18-8-2-1-3-9-18/h1-16,28H,17H2,(H,27,29)/b26-16+. The first-order valence-corrected chi connectivity index (χ1v) is 9.52. The van der Waals surface area contributed by atoms with Gasteiger partial charge < -0.3 is 9.84 Å². The minimum Gasteiger partial charge on any atom is -0.507 e. The molecule has 4 aromatic carbocycles. The van der Waals surface area contributed by atoms with Crippen molar-refractivity contribution in [2.24, 2.45) is 5.10 Å². The Bertz CT molecular complexity index is 1200. The van der Waals surface area contributed by atoms with Crippen molar-refractivity contribution in [3.05, 3.63) is 108 Å². The second-order valence-electron chi connectivity index (χ2n) is 6.69. The van der Waals surface area contributed by atoms with Gasteiger partial charge in [0.05, 0.1) is 11.8 Å². The molecule has 148 valence electrons. The molecule has 0 heterocycles. The minimum absolute atomic E-state index is 0.0956. The average Bonchev–Trinajstić information content (AvgIpc) is 2.80. The molecular weight excluding hydrogens is 376 g/mol. The summed E-state index contributed by atoms with van der Waals surface area (Å²) in [7, 11) is 0. The number of carbonyl (C=O) groups is 1. The fourth-order valence-corrected chi connectivity index (χ4v) is 3.15. The average molecular weight is 396 g/mol. The lowest BCUT2D eigenvalue weighted by atomic mass is 10.0. The Kier molecular flexibility index (Phi) is 5.71. The van der Waals surface area contributed by atoms with Crippen LogP contribution in [0, 0.1) is 0 Å². The third-order valence-electron chi connectivity index (χ3n) is 4.68. The molecule has 4 rings (SSSR count). The molecule has 0 radical (unpaired) electrons. The Morgan fingerprint density at radius 1 is 0.900 bits per heavy atom. The normalized spacial score (nSPS) is 10.9. The van der Waals surface area contributed by atoms with Gasteiger partial charge in [0, 0.05) is 5.56 Å². The summed E-state index contributed by atoms with van der Waals surface area (Å²) in [5.74, 6) is 0.176. The Balaban J connectivity index is 1.49. The minimum atomic E-state index is -0.394. The van der Waals surface area contributed by atoms with Crippen LogP contribution in [0.5, 0.6) is 11.5 Å². The molecule has 1 amide bonds. The van der Waals surface area contributed by atoms with Crippen molar-refractivity contribution in [2.75, 3.05) is 0 Å². The third kappa shape index (κ3) is 4.31. The third-order valence-corrected chi connectivity index (χ3v) is 4.68. The van der Waals surface area contributed by atoms with Gasteiger partial charge in [-0.25, -0.2) is 5.43 Å². The molecule has 4 aromatic rings. The fraction of sp³-hybridized carbons (Fsp3) is 0.0400. The Morgan fingerprint density at radius 2 is 1.63 bits per heavy atom. The number of fused-ring (bicyclic) bond motifs is 1. The summed E-state index contributed by atoms with van der Waals surface area (Å²) in [5.41, 5.74) is 4.45. The molecule has 0 saturated carbocycles. The molecule has 0 atom stereocenters. The highest BCUT2D eigenvalue weighted by Crippen LogP contribution is 2.25. The zero-order chi connectivity index (χ0) is 20.8. The predicted octanol–water partition coefficient (Wildman–Crippen LogP) is 4.89. The van der Waals surface area contributed by atoms with E-state index in [9.17, 15) is 9.90 Å². The first kappa shape index (κ1) is 19.2. The first-order valence-electron chi connectivity index (χ1n) is 9.52. The number of phenolic OH excluding ortho intramolecular Hbond substituents is 1. The van der Waals surface area contributed by atoms with E-state index in [1.807, 2.05) is 66.7 Å². The van der Waals surface area contributed by atoms with E-state index < -0.39 is 5.91 Å². The highest BCUT2D eigenvalue weighted by atomic mass is 16.5. The molecule has 30 heavy (non-hydrogen) atoms. The van der Waals surface area contributed by atoms with Crippen LogP contribution in [0.4, 0.5) is 0 Å². The number of hydrazone groups is 1. The van der Waals surface area contributed by atoms with E-state index >= 15 is 0 Å². The van der Waals surface area contributed by atoms with E-state index in [4.69, 9.17) is 4.74 Å². The molecule has 0 fully saturated rings. The summed E-state index contributed by atoms with van der Waals surface area (Å²) in [4.78, 5) is 12.6. The van der Waals surface area contributed by atoms with Gasteiger partial charge in [-0.05, 0) is 34.5 Å². The number of hydrogen-bond donors (Lipinski definition) is 2. The second kappa shape index (κ2) is 8.92. The first-order chi connectivity index (χ1) is 14.7. The molecule has 0 unspecified atom stereocenters. The van der Waals surface area contributed by atoms with Crippen molar-refractivity contribution in [2.45, 2.75) is 6.61 Å². The summed E-state index contributed by atoms with van der Waals surface area (Å²) in [6, 6.07) is 27.9. The molecule has 0 aromatic heterocycles. The lowest BCUT2D eigenvalue weighted by Crippen LogP contribution is -2.18. The van der Waals surface area contributed by atoms with Crippen LogP contribution in [0.15, 0.2) is 96.1 Å². The predicted molar refractivity (Wildman–Crippen MR) is 118 cm³/mol. The Morgan fingerprint density at radius 3 is 2.50 bits per heavy atom. The van der Waals surface area contributed by atoms with Gasteiger partial charge in [0.15, 0.2) is 0 Å². The molecule has 0 bridgehead atoms. The number of hydrogen-bond acceptors (Lipinski definition) is 4. The Labute approximate surface area is 174 Å². The van der Waals surface area contributed by atoms with Crippen LogP contribution in [0.2, 0.25) is 0 Å². The van der Waals surface area contributed by atoms with Crippen molar-refractivity contribution in [3.63, 3.8) is 0 Å². The van der Waals surface area contributed by atoms with Gasteiger partial charge in [-0.15, -0.1) is 0 Å². The monoisotopic (exact) mass is 396 g/mol. The topological polar surface area (TPSA) is 70.9 Å². The zero-order valence-electron chi connectivity index (χ0n) is 16.2. The molecule has 0 saturated heterocycles. The molecule has 5 nitrogen and oxygen atoms in total. The molecule has 0 aliphatic carbocycles. The van der Waals surface area contributed by atoms with Crippen LogP contribution in [0.25, 0.3) is 10.8 Å². The van der Waals surface area contributed by atoms with Gasteiger partial charge in [0.2, 0.25) is 0 Å². The molecule has 0 spiro atoms. The number of phenols is 1. The van der Waals surface area contributed by atoms with E-state index in [0.717, 1.165) is 16.3 Å². The van der Waals surface area contributed by atoms with E-state index in [1.165, 1.54) is 6.21 Å². The van der Waals surface area contributed by atoms with Gasteiger partial charge in [0.25, 0.3) is 5.91 Å². The van der Waals surface area contributed by atoms with Crippen LogP contribution < -0.4 is 10.2 Å². The van der Waals surface area contributed by atoms with Crippen molar-refractivity contribution in [3.8, 4) is 11.5 Å². The van der Waals surface area contributed by atoms with Crippen molar-refractivity contribution >= 4 is 22.9 Å². The number of rotatable bonds is 6. The smallest absolute Gasteiger partial charge is 0.275 e. The quantitative estimate of drug-likeness (QED) is 0.360. The zero-order valence-corrected chi connectivity index (χ0v) is 16.2. The maximum absolute atomic E-state index is 12.6. The summed E-state index contributed by atoms with van der Waals surface area (Å²) in [6.45, 7) is 0.359. The summed E-state index contributed by atoms with van der Waals surface area (Å²) in [6.07, 6.45) is 1.45. The van der Waals surface area contributed by atoms with Gasteiger partial charge >= 0.3 is 0 Å². The van der Waals surface area contributed by atoms with Crippen LogP contribution in [-0.4, -0.2) is 17.2 Å². The second-order valence-corrected chi connectivity index (χ2v) is 6.69. The molecule has 0 aliphatic rings. The SMILES string of the molecule is O=C(N/N=C/c1c(O)ccc2ccccc12)c1ccccc1OCc1ccccc1. The molecule has 5 heteroatoms. The van der Waals surface area contributed by atoms with Gasteiger partial charge in [-0.1, -0.05) is 72.8 Å². The van der Waals surface area contributed by atoms with Gasteiger partial charge in [-0.2, -0.15) is 5.10 Å². The Hall–Kier alpha value is -4.12. The number of aromatic hydroxyl groups is 1. The summed E-state index contributed by atoms with van der Waals surface area (Å²) < 4.78 is 5.83. The highest BCUT2D eigenvalue weighted by molar-refractivity contribution is 6.03. The summed E-state index contributed by atoms with van der Waals surface area (Å²) >= 11 is 0. The van der Waals surface area contributed by atoms with Crippen LogP contribution >= 0.6 is 0 Å². The van der Waals surface area contributed by atoms with E-state index in [0.29, 0.717) is 23.5 Å². The number of amides is 1. The summed E-state index contributed by atoms with van der Waals surface area (Å²) in [5, 5.41) is 16.1. The largest absolute Gasteiger partial charge is 0.507 e. The van der Waals surface area contributed by atoms with E-state index in [2.05, 4.69) is 10.5 Å². The molecule has 0 aliphatic heterocycles. The van der Waals surface area contributed by atoms with Gasteiger partial charge in [0.1, 0.15) is 18.1 Å². The maximum atomic E-state index is 12.6. The lowest BCUT2D eigenvalue weighted by molar-refractivity contribution is 0.0950. The number of nitrogens with zero attached hydrogens (tertiary/aromatic N) is 1. The van der Waals surface area contributed by atoms with Gasteiger partial charge in [-0.3, -0.25) is 4.79 Å². The van der Waals surface area contributed by atoms with Crippen LogP contribution in [-0.2, 0) is 6.61 Å². The highest BCUT2D eigenvalue weighted by Gasteiger charge is 2.12. The van der Waals surface area contributed by atoms with Crippen LogP contribution in [0.3, 0.4) is 0 Å². The molecular formula is C25H20N2O3. The molecule has 2 N–H and O–H groups in total. The maximum Gasteiger partial charge on any atom is 0.275 e. The van der Waals surface area contributed by atoms with E-state index in [1.54, 1.807) is 24.3 Å². The number of carbonyl (C=O) groups excluding carboxylic acids is 1. The number of para-hydroxylation sites is 1. The van der Waals surface area contributed by atoms with Crippen LogP contribution in [0.1, 0.15) is 21.5 Å². The van der Waals surface area contributed by atoms with Crippen molar-refractivity contribution in [1.29, 1.82) is 0 Å². The van der Waals surface area contributed by atoms with E-state index in [-0.39, 0.29) is 5.75 Å². The van der Waals surface area contributed by atoms with Crippen molar-refractivity contribution < 1.29 is 14.6 Å². The van der Waals surface area contributed by atoms with Crippen molar-refractivity contribution in [1.82, 2.24) is 5.43 Å².